The average molecular weight is 496 g/mol. The lowest BCUT2D eigenvalue weighted by atomic mass is 9.99. The van der Waals surface area contributed by atoms with Crippen molar-refractivity contribution in [2.24, 2.45) is 0 Å². The molecule has 0 aliphatic carbocycles. The number of hydrogen-bond donors (Lipinski definition) is 4. The summed E-state index contributed by atoms with van der Waals surface area (Å²) in [6.45, 7) is 5.60. The highest BCUT2D eigenvalue weighted by molar-refractivity contribution is 8.11. The van der Waals surface area contributed by atoms with Crippen LogP contribution < -0.4 is 5.43 Å². The van der Waals surface area contributed by atoms with Gasteiger partial charge in [0, 0.05) is 4.91 Å². The molecule has 3 aromatic rings. The van der Waals surface area contributed by atoms with E-state index in [1.54, 1.807) is 55.5 Å². The third kappa shape index (κ3) is 6.37. The van der Waals surface area contributed by atoms with Crippen LogP contribution in [-0.2, 0) is 0 Å². The van der Waals surface area contributed by atoms with Crippen molar-refractivity contribution in [3.8, 4) is 11.1 Å². The summed E-state index contributed by atoms with van der Waals surface area (Å²) in [4.78, 5) is 10.9. The predicted octanol–water partition coefficient (Wildman–Crippen LogP) is 7.55. The van der Waals surface area contributed by atoms with Gasteiger partial charge in [0.25, 0.3) is 5.03 Å². The minimum Gasteiger partial charge on any atom is -0.478 e. The number of carboxylic acids is 1. The molecule has 0 atom stereocenters. The van der Waals surface area contributed by atoms with Gasteiger partial charge in [-0.1, -0.05) is 55.0 Å². The minimum absolute atomic E-state index is 0.0939. The molecule has 0 saturated heterocycles. The number of halogens is 1. The van der Waals surface area contributed by atoms with E-state index < -0.39 is 10.9 Å². The first-order valence-corrected chi connectivity index (χ1v) is 11.8. The molecule has 0 bridgehead atoms. The first-order chi connectivity index (χ1) is 16.7. The summed E-state index contributed by atoms with van der Waals surface area (Å²) >= 11 is 1.15. The molecule has 3 rings (SSSR count). The largest absolute Gasteiger partial charge is 0.478 e. The second-order valence-corrected chi connectivity index (χ2v) is 8.87. The molecule has 0 heterocycles. The number of hydrogen-bond acceptors (Lipinski definition) is 5. The second-order valence-electron chi connectivity index (χ2n) is 7.84. The summed E-state index contributed by atoms with van der Waals surface area (Å²) < 4.78 is 13.5. The molecular formula is C27H28FN2O4S+. The molecule has 6 nitrogen and oxygen atoms in total. The normalized spacial score (nSPS) is 12.8. The number of nitrogens with one attached hydrogen (secondary N) is 1. The average Bonchev–Trinajstić information content (AvgIpc) is 2.85. The lowest BCUT2D eigenvalue weighted by Gasteiger charge is -2.24. The lowest BCUT2D eigenvalue weighted by molar-refractivity contribution is -1.20. The number of rotatable bonds is 9. The number of quaternary nitrogens is 1. The number of carboxylic acid groups (broad SMARTS) is 1. The summed E-state index contributed by atoms with van der Waals surface area (Å²) in [6, 6.07) is 19.5. The molecule has 0 unspecified atom stereocenters. The van der Waals surface area contributed by atoms with Crippen LogP contribution in [0.15, 0.2) is 89.5 Å². The molecule has 35 heavy (non-hydrogen) atoms. The number of aromatic carboxylic acids is 1. The van der Waals surface area contributed by atoms with Crippen molar-refractivity contribution in [3.63, 3.8) is 0 Å². The first-order valence-electron chi connectivity index (χ1n) is 11.0. The Bertz CT molecular complexity index is 1260. The van der Waals surface area contributed by atoms with Gasteiger partial charge in [-0.3, -0.25) is 0 Å². The first kappa shape index (κ1) is 26.2. The van der Waals surface area contributed by atoms with Crippen molar-refractivity contribution in [2.45, 2.75) is 27.2 Å². The molecular weight excluding hydrogens is 467 g/mol. The van der Waals surface area contributed by atoms with Gasteiger partial charge in [-0.05, 0) is 85.1 Å². The number of hydroxylamine groups is 2. The maximum absolute atomic E-state index is 13.5. The van der Waals surface area contributed by atoms with E-state index in [1.165, 1.54) is 24.3 Å². The number of benzene rings is 3. The Morgan fingerprint density at radius 1 is 1.06 bits per heavy atom. The molecule has 182 valence electrons. The zero-order valence-electron chi connectivity index (χ0n) is 19.7. The van der Waals surface area contributed by atoms with Gasteiger partial charge < -0.3 is 5.11 Å². The second kappa shape index (κ2) is 11.3. The van der Waals surface area contributed by atoms with Crippen molar-refractivity contribution in [1.29, 1.82) is 0 Å². The predicted molar refractivity (Wildman–Crippen MR) is 137 cm³/mol. The number of carbonyl (C=O) groups is 1. The zero-order valence-corrected chi connectivity index (χ0v) is 20.5. The van der Waals surface area contributed by atoms with E-state index in [0.29, 0.717) is 16.8 Å². The van der Waals surface area contributed by atoms with Crippen LogP contribution in [0.5, 0.6) is 0 Å². The molecule has 4 N–H and O–H groups in total. The van der Waals surface area contributed by atoms with E-state index in [2.05, 4.69) is 5.43 Å². The van der Waals surface area contributed by atoms with Crippen LogP contribution in [0.25, 0.3) is 16.0 Å². The monoisotopic (exact) mass is 495 g/mol. The Morgan fingerprint density at radius 3 is 2.29 bits per heavy atom. The van der Waals surface area contributed by atoms with E-state index in [4.69, 9.17) is 0 Å². The molecule has 8 heteroatoms. The molecule has 0 aromatic heterocycles. The topological polar surface area (TPSA) is 89.8 Å². The highest BCUT2D eigenvalue weighted by atomic mass is 32.2. The Labute approximate surface area is 208 Å². The molecule has 0 saturated carbocycles. The third-order valence-electron chi connectivity index (χ3n) is 5.41. The van der Waals surface area contributed by atoms with E-state index >= 15 is 0 Å². The van der Waals surface area contributed by atoms with Crippen molar-refractivity contribution in [2.75, 3.05) is 5.43 Å². The van der Waals surface area contributed by atoms with Crippen LogP contribution in [0, 0.1) is 5.82 Å². The summed E-state index contributed by atoms with van der Waals surface area (Å²) in [7, 11) is 0. The van der Waals surface area contributed by atoms with E-state index in [1.807, 2.05) is 19.9 Å². The highest BCUT2D eigenvalue weighted by Gasteiger charge is 2.33. The van der Waals surface area contributed by atoms with E-state index in [9.17, 15) is 24.7 Å². The van der Waals surface area contributed by atoms with Crippen LogP contribution in [0.2, 0.25) is 0 Å². The minimum atomic E-state index is -1.66. The van der Waals surface area contributed by atoms with Crippen molar-refractivity contribution in [3.05, 3.63) is 106 Å². The SMILES string of the molecule is C/C=C(\SC(=C(C)CC)c1ccc(F)cc1)[N+](O)(O)Nc1ccc(C(=O)O)c(-c2ccccc2)c1. The molecule has 0 radical (unpaired) electrons. The van der Waals surface area contributed by atoms with Gasteiger partial charge >= 0.3 is 5.97 Å². The maximum atomic E-state index is 13.5. The summed E-state index contributed by atoms with van der Waals surface area (Å²) in [6.07, 6.45) is 2.28. The Morgan fingerprint density at radius 2 is 1.71 bits per heavy atom. The Balaban J connectivity index is 1.94. The fraction of sp³-hybridized carbons (Fsp3) is 0.148. The lowest BCUT2D eigenvalue weighted by Crippen LogP contribution is -2.44. The molecule has 0 aliphatic heterocycles. The van der Waals surface area contributed by atoms with Gasteiger partial charge in [-0.15, -0.1) is 10.4 Å². The fourth-order valence-corrected chi connectivity index (χ4v) is 4.53. The van der Waals surface area contributed by atoms with Crippen LogP contribution in [0.3, 0.4) is 0 Å². The summed E-state index contributed by atoms with van der Waals surface area (Å²) in [5.41, 5.74) is 5.93. The number of nitrogens with zero attached hydrogens (tertiary/aromatic N) is 1. The molecule has 0 fully saturated rings. The molecule has 0 spiro atoms. The van der Waals surface area contributed by atoms with Crippen LogP contribution >= 0.6 is 11.8 Å². The highest BCUT2D eigenvalue weighted by Crippen LogP contribution is 2.40. The van der Waals surface area contributed by atoms with Crippen LogP contribution in [0.4, 0.5) is 10.1 Å². The van der Waals surface area contributed by atoms with E-state index in [0.717, 1.165) is 34.2 Å². The Kier molecular flexibility index (Phi) is 8.48. The van der Waals surface area contributed by atoms with Gasteiger partial charge in [0.05, 0.1) is 16.2 Å². The standard InChI is InChI=1S/C27H27FN2O4S/c1-4-18(3)26(20-11-13-21(28)14-12-20)35-25(5-2)30(33,34)29-22-15-16-23(27(31)32)24(17-22)19-9-7-6-8-10-19/h5-17,29,33-34H,4H2,1-3H3/p+1/b25-5-,26-18?. The van der Waals surface area contributed by atoms with Crippen LogP contribution in [0.1, 0.15) is 43.1 Å². The molecule has 0 amide bonds. The van der Waals surface area contributed by atoms with Gasteiger partial charge in [0.15, 0.2) is 0 Å². The number of thioether (sulfide) groups is 1. The van der Waals surface area contributed by atoms with Crippen molar-refractivity contribution in [1.82, 2.24) is 0 Å². The quantitative estimate of drug-likeness (QED) is 0.181. The van der Waals surface area contributed by atoms with Crippen molar-refractivity contribution >= 4 is 28.3 Å². The number of anilines is 1. The summed E-state index contributed by atoms with van der Waals surface area (Å²) in [5, 5.41) is 31.7. The van der Waals surface area contributed by atoms with Gasteiger partial charge in [0.1, 0.15) is 5.82 Å². The van der Waals surface area contributed by atoms with Crippen LogP contribution in [-0.4, -0.2) is 26.4 Å². The van der Waals surface area contributed by atoms with Gasteiger partial charge in [-0.25, -0.2) is 9.18 Å². The smallest absolute Gasteiger partial charge is 0.336 e. The Hall–Kier alpha value is -3.43. The third-order valence-corrected chi connectivity index (χ3v) is 6.89. The molecule has 0 aliphatic rings. The number of allylic oxidation sites excluding steroid dienone is 2. The maximum Gasteiger partial charge on any atom is 0.336 e. The summed E-state index contributed by atoms with van der Waals surface area (Å²) in [5.74, 6) is -1.44. The van der Waals surface area contributed by atoms with Crippen molar-refractivity contribution < 1.29 is 29.6 Å². The fourth-order valence-electron chi connectivity index (χ4n) is 3.45. The zero-order chi connectivity index (χ0) is 25.6. The van der Waals surface area contributed by atoms with Gasteiger partial charge in [-0.2, -0.15) is 5.43 Å². The van der Waals surface area contributed by atoms with Gasteiger partial charge in [0.2, 0.25) is 0 Å². The van der Waals surface area contributed by atoms with E-state index in [-0.39, 0.29) is 16.4 Å². The molecule has 3 aromatic carbocycles.